The number of benzene rings is 1. The van der Waals surface area contributed by atoms with Crippen LogP contribution in [0.4, 0.5) is 0 Å². The maximum Gasteiger partial charge on any atom is 0.334 e. The molecule has 4 aromatic heterocycles. The van der Waals surface area contributed by atoms with E-state index in [0.717, 1.165) is 64.0 Å². The number of H-pyrrole nitrogens is 1. The van der Waals surface area contributed by atoms with Crippen molar-refractivity contribution < 1.29 is 0 Å². The first-order valence-electron chi connectivity index (χ1n) is 12.0. The molecular weight excluding hydrogens is 520 g/mol. The standard InChI is InChI=1S/C26H27BrN8O/c1-3-5-6-21-17-35(25-23(27)12-14-33(25)4-2)26(36)34(21)16-20-15-28-13-11-22(20)18-7-9-19(10-8-18)24-29-31-32-30-24/h7-15,17H,3-6,16H2,1-2H3,(H,29,30,31,32). The van der Waals surface area contributed by atoms with Crippen LogP contribution in [0.1, 0.15) is 37.9 Å². The summed E-state index contributed by atoms with van der Waals surface area (Å²) >= 11 is 3.63. The van der Waals surface area contributed by atoms with E-state index in [-0.39, 0.29) is 5.69 Å². The van der Waals surface area contributed by atoms with Gasteiger partial charge in [0, 0.05) is 42.6 Å². The molecule has 1 aromatic carbocycles. The summed E-state index contributed by atoms with van der Waals surface area (Å²) in [5.41, 5.74) is 4.91. The quantitative estimate of drug-likeness (QED) is 0.284. The van der Waals surface area contributed by atoms with E-state index in [9.17, 15) is 4.79 Å². The normalized spacial score (nSPS) is 11.3. The molecule has 10 heteroatoms. The van der Waals surface area contributed by atoms with Gasteiger partial charge in [-0.1, -0.05) is 37.6 Å². The van der Waals surface area contributed by atoms with Gasteiger partial charge in [-0.15, -0.1) is 5.10 Å². The molecule has 0 aliphatic rings. The van der Waals surface area contributed by atoms with Crippen molar-refractivity contribution in [3.05, 3.63) is 87.4 Å². The first kappa shape index (κ1) is 23.9. The van der Waals surface area contributed by atoms with Gasteiger partial charge in [0.15, 0.2) is 5.82 Å². The number of unbranched alkanes of at least 4 members (excludes halogenated alkanes) is 1. The Bertz CT molecular complexity index is 1510. The van der Waals surface area contributed by atoms with Crippen LogP contribution in [0.5, 0.6) is 0 Å². The highest BCUT2D eigenvalue weighted by Gasteiger charge is 2.18. The van der Waals surface area contributed by atoms with E-state index < -0.39 is 0 Å². The maximum absolute atomic E-state index is 13.7. The molecule has 0 saturated carbocycles. The number of halogens is 1. The van der Waals surface area contributed by atoms with E-state index in [1.807, 2.05) is 59.6 Å². The lowest BCUT2D eigenvalue weighted by Gasteiger charge is -2.12. The number of tetrazole rings is 1. The molecule has 0 unspecified atom stereocenters. The molecule has 1 N–H and O–H groups in total. The largest absolute Gasteiger partial charge is 0.334 e. The van der Waals surface area contributed by atoms with Crippen molar-refractivity contribution in [2.45, 2.75) is 46.2 Å². The first-order valence-corrected chi connectivity index (χ1v) is 12.8. The Hall–Kier alpha value is -3.79. The minimum absolute atomic E-state index is 0.0572. The molecule has 9 nitrogen and oxygen atoms in total. The minimum atomic E-state index is -0.0572. The molecule has 0 saturated heterocycles. The third-order valence-corrected chi connectivity index (χ3v) is 6.97. The number of hydrogen-bond acceptors (Lipinski definition) is 5. The first-order chi connectivity index (χ1) is 17.6. The van der Waals surface area contributed by atoms with Gasteiger partial charge < -0.3 is 4.57 Å². The van der Waals surface area contributed by atoms with Crippen molar-refractivity contribution in [1.82, 2.24) is 39.3 Å². The summed E-state index contributed by atoms with van der Waals surface area (Å²) in [4.78, 5) is 18.1. The van der Waals surface area contributed by atoms with Crippen molar-refractivity contribution in [3.8, 4) is 28.3 Å². The molecule has 4 heterocycles. The highest BCUT2D eigenvalue weighted by Crippen LogP contribution is 2.27. The van der Waals surface area contributed by atoms with Gasteiger partial charge in [-0.3, -0.25) is 14.1 Å². The molecule has 5 rings (SSSR count). The highest BCUT2D eigenvalue weighted by atomic mass is 79.9. The van der Waals surface area contributed by atoms with Crippen molar-refractivity contribution in [2.24, 2.45) is 0 Å². The summed E-state index contributed by atoms with van der Waals surface area (Å²) in [6.45, 7) is 5.44. The monoisotopic (exact) mass is 546 g/mol. The molecule has 5 aromatic rings. The van der Waals surface area contributed by atoms with Crippen LogP contribution in [-0.4, -0.2) is 39.3 Å². The number of aryl methyl sites for hydroxylation is 2. The number of hydrogen-bond donors (Lipinski definition) is 1. The predicted molar refractivity (Wildman–Crippen MR) is 142 cm³/mol. The van der Waals surface area contributed by atoms with Crippen molar-refractivity contribution >= 4 is 15.9 Å². The Balaban J connectivity index is 1.54. The Morgan fingerprint density at radius 2 is 1.86 bits per heavy atom. The second kappa shape index (κ2) is 10.4. The van der Waals surface area contributed by atoms with Gasteiger partial charge in [0.1, 0.15) is 5.82 Å². The Kier molecular flexibility index (Phi) is 6.95. The molecule has 0 bridgehead atoms. The van der Waals surface area contributed by atoms with Gasteiger partial charge in [0.2, 0.25) is 0 Å². The summed E-state index contributed by atoms with van der Waals surface area (Å²) in [7, 11) is 0. The van der Waals surface area contributed by atoms with Crippen LogP contribution < -0.4 is 5.69 Å². The summed E-state index contributed by atoms with van der Waals surface area (Å²) in [5.74, 6) is 1.47. The Morgan fingerprint density at radius 1 is 1.06 bits per heavy atom. The summed E-state index contributed by atoms with van der Waals surface area (Å²) < 4.78 is 6.61. The third kappa shape index (κ3) is 4.56. The SMILES string of the molecule is CCCCc1cn(-c2c(Br)ccn2CC)c(=O)n1Cc1cnccc1-c1ccc(-c2nnn[nH]2)cc1. The van der Waals surface area contributed by atoms with Gasteiger partial charge in [0.05, 0.1) is 11.0 Å². The minimum Gasteiger partial charge on any atom is -0.333 e. The average molecular weight is 547 g/mol. The van der Waals surface area contributed by atoms with Crippen LogP contribution in [0, 0.1) is 0 Å². The average Bonchev–Trinajstić information content (AvgIpc) is 3.64. The zero-order chi connectivity index (χ0) is 25.1. The molecule has 0 fully saturated rings. The van der Waals surface area contributed by atoms with Crippen LogP contribution >= 0.6 is 15.9 Å². The zero-order valence-electron chi connectivity index (χ0n) is 20.2. The second-order valence-electron chi connectivity index (χ2n) is 8.60. The summed E-state index contributed by atoms with van der Waals surface area (Å²) in [6, 6.07) is 12.0. The van der Waals surface area contributed by atoms with Gasteiger partial charge in [-0.25, -0.2) is 9.89 Å². The molecule has 0 atom stereocenters. The Labute approximate surface area is 217 Å². The van der Waals surface area contributed by atoms with E-state index in [0.29, 0.717) is 12.4 Å². The van der Waals surface area contributed by atoms with E-state index in [4.69, 9.17) is 0 Å². The number of aromatic nitrogens is 8. The third-order valence-electron chi connectivity index (χ3n) is 6.35. The fourth-order valence-corrected chi connectivity index (χ4v) is 4.98. The number of nitrogens with zero attached hydrogens (tertiary/aromatic N) is 7. The van der Waals surface area contributed by atoms with Crippen LogP contribution in [0.3, 0.4) is 0 Å². The van der Waals surface area contributed by atoms with Gasteiger partial charge >= 0.3 is 5.69 Å². The molecule has 0 spiro atoms. The van der Waals surface area contributed by atoms with Crippen molar-refractivity contribution in [3.63, 3.8) is 0 Å². The van der Waals surface area contributed by atoms with E-state index in [2.05, 4.69) is 60.0 Å². The fourth-order valence-electron chi connectivity index (χ4n) is 4.45. The molecule has 184 valence electrons. The fraction of sp³-hybridized carbons (Fsp3) is 0.269. The summed E-state index contributed by atoms with van der Waals surface area (Å²) in [6.07, 6.45) is 10.5. The lowest BCUT2D eigenvalue weighted by Crippen LogP contribution is -2.26. The van der Waals surface area contributed by atoms with Crippen LogP contribution in [0.25, 0.3) is 28.3 Å². The number of nitrogens with one attached hydrogen (secondary N) is 1. The number of pyridine rings is 1. The predicted octanol–water partition coefficient (Wildman–Crippen LogP) is 4.86. The number of aromatic amines is 1. The van der Waals surface area contributed by atoms with E-state index in [1.165, 1.54) is 0 Å². The second-order valence-corrected chi connectivity index (χ2v) is 9.45. The lowest BCUT2D eigenvalue weighted by molar-refractivity contribution is 0.664. The highest BCUT2D eigenvalue weighted by molar-refractivity contribution is 9.10. The van der Waals surface area contributed by atoms with Crippen LogP contribution in [0.2, 0.25) is 0 Å². The molecule has 0 radical (unpaired) electrons. The van der Waals surface area contributed by atoms with E-state index in [1.54, 1.807) is 10.8 Å². The van der Waals surface area contributed by atoms with Gasteiger partial charge in [-0.2, -0.15) is 0 Å². The number of rotatable bonds is 9. The smallest absolute Gasteiger partial charge is 0.333 e. The molecule has 0 aliphatic heterocycles. The maximum atomic E-state index is 13.7. The van der Waals surface area contributed by atoms with Crippen molar-refractivity contribution in [2.75, 3.05) is 0 Å². The molecule has 0 aliphatic carbocycles. The zero-order valence-corrected chi connectivity index (χ0v) is 21.8. The lowest BCUT2D eigenvalue weighted by atomic mass is 10.00. The van der Waals surface area contributed by atoms with Crippen molar-refractivity contribution in [1.29, 1.82) is 0 Å². The Morgan fingerprint density at radius 3 is 2.58 bits per heavy atom. The van der Waals surface area contributed by atoms with Crippen LogP contribution in [-0.2, 0) is 19.5 Å². The molecule has 36 heavy (non-hydrogen) atoms. The molecule has 0 amide bonds. The summed E-state index contributed by atoms with van der Waals surface area (Å²) in [5, 5.41) is 14.1. The van der Waals surface area contributed by atoms with Gasteiger partial charge in [-0.05, 0) is 74.9 Å². The number of imidazole rings is 1. The van der Waals surface area contributed by atoms with E-state index >= 15 is 0 Å². The van der Waals surface area contributed by atoms with Crippen LogP contribution in [0.15, 0.2) is 70.5 Å². The topological polar surface area (TPSA) is 99.2 Å². The molecular formula is C26H27BrN8O. The van der Waals surface area contributed by atoms with Gasteiger partial charge in [0.25, 0.3) is 0 Å².